The fraction of sp³-hybridized carbons (Fsp3) is 0.375. The van der Waals surface area contributed by atoms with Gasteiger partial charge in [-0.15, -0.1) is 11.3 Å². The zero-order valence-electron chi connectivity index (χ0n) is 18.0. The van der Waals surface area contributed by atoms with E-state index in [0.717, 1.165) is 48.0 Å². The molecule has 5 rings (SSSR count). The van der Waals surface area contributed by atoms with E-state index in [2.05, 4.69) is 52.4 Å². The standard InChI is InChI=1S/C24H27N5OS/c1-27(11-10-17-6-4-3-5-7-17)19-8-9-20-21(12-19)31-23-22(20)24(30)29(16-25-23)15-18-13-26-28(2)14-18/h3-7,13-14,16,19H,8-12,15H2,1-2H3. The van der Waals surface area contributed by atoms with Crippen LogP contribution in [0.4, 0.5) is 0 Å². The Labute approximate surface area is 185 Å². The lowest BCUT2D eigenvalue weighted by Crippen LogP contribution is -2.37. The van der Waals surface area contributed by atoms with E-state index < -0.39 is 0 Å². The maximum Gasteiger partial charge on any atom is 0.262 e. The molecule has 31 heavy (non-hydrogen) atoms. The van der Waals surface area contributed by atoms with Crippen molar-refractivity contribution in [3.63, 3.8) is 0 Å². The normalized spacial score (nSPS) is 16.2. The molecule has 3 aromatic heterocycles. The number of likely N-dealkylation sites (N-methyl/N-ethyl adjacent to an activating group) is 1. The summed E-state index contributed by atoms with van der Waals surface area (Å²) in [5.74, 6) is 0. The highest BCUT2D eigenvalue weighted by molar-refractivity contribution is 7.18. The van der Waals surface area contributed by atoms with Crippen LogP contribution in [0.2, 0.25) is 0 Å². The monoisotopic (exact) mass is 433 g/mol. The molecule has 4 aromatic rings. The Morgan fingerprint density at radius 2 is 2.06 bits per heavy atom. The number of aryl methyl sites for hydroxylation is 2. The van der Waals surface area contributed by atoms with E-state index in [1.165, 1.54) is 16.0 Å². The van der Waals surface area contributed by atoms with Crippen molar-refractivity contribution in [2.75, 3.05) is 13.6 Å². The summed E-state index contributed by atoms with van der Waals surface area (Å²) >= 11 is 1.70. The maximum absolute atomic E-state index is 13.2. The molecule has 0 bridgehead atoms. The molecule has 3 heterocycles. The minimum atomic E-state index is 0.0715. The Kier molecular flexibility index (Phi) is 5.46. The largest absolute Gasteiger partial charge is 0.303 e. The van der Waals surface area contributed by atoms with Crippen LogP contribution in [-0.2, 0) is 32.9 Å². The smallest absolute Gasteiger partial charge is 0.262 e. The second kappa shape index (κ2) is 8.40. The van der Waals surface area contributed by atoms with E-state index in [1.54, 1.807) is 33.1 Å². The summed E-state index contributed by atoms with van der Waals surface area (Å²) < 4.78 is 3.47. The molecule has 0 radical (unpaired) electrons. The summed E-state index contributed by atoms with van der Waals surface area (Å²) in [6.45, 7) is 1.55. The van der Waals surface area contributed by atoms with Crippen LogP contribution in [0.1, 0.15) is 28.0 Å². The van der Waals surface area contributed by atoms with Gasteiger partial charge in [-0.25, -0.2) is 4.98 Å². The Balaban J connectivity index is 1.34. The molecule has 1 aliphatic carbocycles. The van der Waals surface area contributed by atoms with Gasteiger partial charge < -0.3 is 4.90 Å². The second-order valence-electron chi connectivity index (χ2n) is 8.50. The highest BCUT2D eigenvalue weighted by Crippen LogP contribution is 2.34. The zero-order valence-corrected chi connectivity index (χ0v) is 18.8. The molecule has 0 saturated heterocycles. The van der Waals surface area contributed by atoms with Gasteiger partial charge in [0, 0.05) is 36.3 Å². The van der Waals surface area contributed by atoms with E-state index in [9.17, 15) is 4.79 Å². The molecule has 0 fully saturated rings. The molecule has 1 unspecified atom stereocenters. The number of thiophene rings is 1. The summed E-state index contributed by atoms with van der Waals surface area (Å²) in [5, 5.41) is 5.03. The van der Waals surface area contributed by atoms with Crippen molar-refractivity contribution in [1.82, 2.24) is 24.2 Å². The van der Waals surface area contributed by atoms with Crippen molar-refractivity contribution in [1.29, 1.82) is 0 Å². The molecule has 0 saturated carbocycles. The third-order valence-electron chi connectivity index (χ3n) is 6.34. The molecular formula is C24H27N5OS. The summed E-state index contributed by atoms with van der Waals surface area (Å²) in [5.41, 5.74) is 3.69. The summed E-state index contributed by atoms with van der Waals surface area (Å²) in [4.78, 5) is 22.6. The first-order chi connectivity index (χ1) is 15.1. The van der Waals surface area contributed by atoms with Crippen LogP contribution in [0, 0.1) is 0 Å². The maximum atomic E-state index is 13.2. The first kappa shape index (κ1) is 20.2. The van der Waals surface area contributed by atoms with E-state index in [0.29, 0.717) is 12.6 Å². The van der Waals surface area contributed by atoms with Gasteiger partial charge in [-0.3, -0.25) is 14.0 Å². The number of nitrogens with zero attached hydrogens (tertiary/aromatic N) is 5. The van der Waals surface area contributed by atoms with Gasteiger partial charge in [0.2, 0.25) is 0 Å². The highest BCUT2D eigenvalue weighted by Gasteiger charge is 2.27. The molecule has 0 N–H and O–H groups in total. The quantitative estimate of drug-likeness (QED) is 0.468. The van der Waals surface area contributed by atoms with Gasteiger partial charge in [-0.1, -0.05) is 30.3 Å². The fourth-order valence-electron chi connectivity index (χ4n) is 4.56. The number of hydrogen-bond acceptors (Lipinski definition) is 5. The van der Waals surface area contributed by atoms with E-state index in [-0.39, 0.29) is 5.56 Å². The first-order valence-electron chi connectivity index (χ1n) is 10.8. The molecule has 160 valence electrons. The minimum Gasteiger partial charge on any atom is -0.303 e. The lowest BCUT2D eigenvalue weighted by molar-refractivity contribution is 0.226. The fourth-order valence-corrected chi connectivity index (χ4v) is 5.80. The SMILES string of the molecule is CN(CCc1ccccc1)C1CCc2c(sc3ncn(Cc4cnn(C)c4)c(=O)c23)C1. The first-order valence-corrected chi connectivity index (χ1v) is 11.6. The molecule has 1 atom stereocenters. The highest BCUT2D eigenvalue weighted by atomic mass is 32.1. The van der Waals surface area contributed by atoms with Crippen LogP contribution >= 0.6 is 11.3 Å². The Hall–Kier alpha value is -2.77. The van der Waals surface area contributed by atoms with Crippen LogP contribution in [0.5, 0.6) is 0 Å². The minimum absolute atomic E-state index is 0.0715. The molecule has 0 aliphatic heterocycles. The third kappa shape index (κ3) is 4.07. The Morgan fingerprint density at radius 1 is 1.23 bits per heavy atom. The molecule has 0 spiro atoms. The third-order valence-corrected chi connectivity index (χ3v) is 7.50. The van der Waals surface area contributed by atoms with Gasteiger partial charge in [-0.05, 0) is 43.9 Å². The van der Waals surface area contributed by atoms with Crippen LogP contribution in [0.3, 0.4) is 0 Å². The number of aromatic nitrogens is 4. The van der Waals surface area contributed by atoms with Gasteiger partial charge in [0.1, 0.15) is 4.83 Å². The Bertz CT molecular complexity index is 1260. The summed E-state index contributed by atoms with van der Waals surface area (Å²) in [6, 6.07) is 11.2. The second-order valence-corrected chi connectivity index (χ2v) is 9.58. The van der Waals surface area contributed by atoms with Crippen LogP contribution in [0.15, 0.2) is 53.8 Å². The number of fused-ring (bicyclic) bond motifs is 3. The topological polar surface area (TPSA) is 56.0 Å². The molecule has 0 amide bonds. The van der Waals surface area contributed by atoms with Crippen molar-refractivity contribution < 1.29 is 0 Å². The average molecular weight is 434 g/mol. The van der Waals surface area contributed by atoms with Gasteiger partial charge >= 0.3 is 0 Å². The van der Waals surface area contributed by atoms with Crippen molar-refractivity contribution in [3.05, 3.63) is 81.0 Å². The molecule has 1 aliphatic rings. The van der Waals surface area contributed by atoms with Crippen LogP contribution < -0.4 is 5.56 Å². The predicted octanol–water partition coefficient (Wildman–Crippen LogP) is 3.27. The van der Waals surface area contributed by atoms with Crippen molar-refractivity contribution in [3.8, 4) is 0 Å². The molecular weight excluding hydrogens is 406 g/mol. The lowest BCUT2D eigenvalue weighted by Gasteiger charge is -2.31. The summed E-state index contributed by atoms with van der Waals surface area (Å²) in [6.07, 6.45) is 9.52. The molecule has 6 nitrogen and oxygen atoms in total. The molecule has 7 heteroatoms. The average Bonchev–Trinajstić information content (AvgIpc) is 3.37. The zero-order chi connectivity index (χ0) is 21.4. The number of benzene rings is 1. The predicted molar refractivity (Wildman–Crippen MR) is 125 cm³/mol. The van der Waals surface area contributed by atoms with E-state index in [4.69, 9.17) is 0 Å². The van der Waals surface area contributed by atoms with Crippen LogP contribution in [-0.4, -0.2) is 43.9 Å². The molecule has 1 aromatic carbocycles. The van der Waals surface area contributed by atoms with Gasteiger partial charge in [0.15, 0.2) is 0 Å². The van der Waals surface area contributed by atoms with Crippen LogP contribution in [0.25, 0.3) is 10.2 Å². The van der Waals surface area contributed by atoms with Crippen molar-refractivity contribution in [2.45, 2.75) is 38.3 Å². The van der Waals surface area contributed by atoms with Gasteiger partial charge in [-0.2, -0.15) is 5.10 Å². The van der Waals surface area contributed by atoms with E-state index >= 15 is 0 Å². The Morgan fingerprint density at radius 3 is 2.84 bits per heavy atom. The van der Waals surface area contributed by atoms with Gasteiger partial charge in [0.05, 0.1) is 24.5 Å². The van der Waals surface area contributed by atoms with E-state index in [1.807, 2.05) is 13.2 Å². The number of hydrogen-bond donors (Lipinski definition) is 0. The van der Waals surface area contributed by atoms with Crippen molar-refractivity contribution >= 4 is 21.6 Å². The van der Waals surface area contributed by atoms with Crippen molar-refractivity contribution in [2.24, 2.45) is 7.05 Å². The lowest BCUT2D eigenvalue weighted by atomic mass is 9.92. The number of rotatable bonds is 6. The summed E-state index contributed by atoms with van der Waals surface area (Å²) in [7, 11) is 4.11. The van der Waals surface area contributed by atoms with Gasteiger partial charge in [0.25, 0.3) is 5.56 Å².